The first-order valence-electron chi connectivity index (χ1n) is 5.83. The molecule has 0 aliphatic rings. The van der Waals surface area contributed by atoms with Crippen LogP contribution in [0.4, 0.5) is 4.39 Å². The molecule has 1 aromatic carbocycles. The minimum atomic E-state index is -0.870. The van der Waals surface area contributed by atoms with E-state index in [2.05, 4.69) is 9.72 Å². The van der Waals surface area contributed by atoms with Crippen molar-refractivity contribution < 1.29 is 23.5 Å². The Morgan fingerprint density at radius 3 is 2.62 bits per heavy atom. The summed E-state index contributed by atoms with van der Waals surface area (Å²) in [5, 5.41) is 0. The summed E-state index contributed by atoms with van der Waals surface area (Å²) in [4.78, 5) is 26.2. The predicted molar refractivity (Wildman–Crippen MR) is 70.6 cm³/mol. The van der Waals surface area contributed by atoms with Crippen LogP contribution in [-0.4, -0.2) is 24.0 Å². The Labute approximate surface area is 119 Å². The fourth-order valence-corrected chi connectivity index (χ4v) is 1.59. The number of primary amides is 1. The number of ether oxygens (including phenoxy) is 2. The predicted octanol–water partition coefficient (Wildman–Crippen LogP) is 1.90. The van der Waals surface area contributed by atoms with Gasteiger partial charge in [-0.15, -0.1) is 0 Å². The number of rotatable bonds is 4. The van der Waals surface area contributed by atoms with E-state index in [0.29, 0.717) is 0 Å². The number of hydrogen-bond donors (Lipinski definition) is 1. The molecule has 0 atom stereocenters. The Kier molecular flexibility index (Phi) is 4.13. The third-order valence-electron chi connectivity index (χ3n) is 2.58. The van der Waals surface area contributed by atoms with Gasteiger partial charge in [0.25, 0.3) is 5.91 Å². The molecule has 7 heteroatoms. The maximum atomic E-state index is 13.6. The third kappa shape index (κ3) is 3.33. The van der Waals surface area contributed by atoms with Crippen molar-refractivity contribution in [3.05, 3.63) is 53.5 Å². The normalized spacial score (nSPS) is 10.0. The minimum Gasteiger partial charge on any atom is -0.465 e. The highest BCUT2D eigenvalue weighted by Crippen LogP contribution is 2.22. The molecule has 0 aliphatic heterocycles. The van der Waals surface area contributed by atoms with Crippen molar-refractivity contribution in [3.8, 4) is 11.6 Å². The lowest BCUT2D eigenvalue weighted by Crippen LogP contribution is -2.12. The number of carbonyl (C=O) groups is 2. The van der Waals surface area contributed by atoms with Crippen LogP contribution in [-0.2, 0) is 4.74 Å². The Hall–Kier alpha value is -2.96. The molecule has 0 spiro atoms. The molecule has 0 radical (unpaired) electrons. The SMILES string of the molecule is COC(=O)c1ccnc(Oc2ccc(C(N)=O)c(F)c2)c1. The molecule has 0 unspecified atom stereocenters. The van der Waals surface area contributed by atoms with Crippen molar-refractivity contribution in [2.75, 3.05) is 7.11 Å². The molecular formula is C14H11FN2O4. The molecule has 2 rings (SSSR count). The van der Waals surface area contributed by atoms with Crippen LogP contribution in [0.1, 0.15) is 20.7 Å². The summed E-state index contributed by atoms with van der Waals surface area (Å²) < 4.78 is 23.5. The highest BCUT2D eigenvalue weighted by Gasteiger charge is 2.11. The quantitative estimate of drug-likeness (QED) is 0.868. The maximum Gasteiger partial charge on any atom is 0.338 e. The van der Waals surface area contributed by atoms with E-state index in [1.807, 2.05) is 0 Å². The number of halogens is 1. The summed E-state index contributed by atoms with van der Waals surface area (Å²) >= 11 is 0. The average Bonchev–Trinajstić information content (AvgIpc) is 2.46. The van der Waals surface area contributed by atoms with E-state index in [0.717, 1.165) is 6.07 Å². The van der Waals surface area contributed by atoms with E-state index in [1.54, 1.807) is 0 Å². The smallest absolute Gasteiger partial charge is 0.338 e. The molecule has 2 aromatic rings. The van der Waals surface area contributed by atoms with Gasteiger partial charge in [0.2, 0.25) is 5.88 Å². The second-order valence-corrected chi connectivity index (χ2v) is 3.98. The summed E-state index contributed by atoms with van der Waals surface area (Å²) in [7, 11) is 1.25. The summed E-state index contributed by atoms with van der Waals surface area (Å²) in [6.07, 6.45) is 1.36. The van der Waals surface area contributed by atoms with Crippen LogP contribution in [0.25, 0.3) is 0 Å². The standard InChI is InChI=1S/C14H11FN2O4/c1-20-14(19)8-4-5-17-12(6-8)21-9-2-3-10(13(16)18)11(15)7-9/h2-7H,1H3,(H2,16,18). The lowest BCUT2D eigenvalue weighted by molar-refractivity contribution is 0.0600. The molecule has 2 N–H and O–H groups in total. The molecule has 1 amide bonds. The molecule has 0 saturated carbocycles. The van der Waals surface area contributed by atoms with Gasteiger partial charge in [-0.05, 0) is 18.2 Å². The van der Waals surface area contributed by atoms with Crippen LogP contribution in [0.15, 0.2) is 36.5 Å². The molecule has 0 saturated heterocycles. The summed E-state index contributed by atoms with van der Waals surface area (Å²) in [5.41, 5.74) is 5.01. The van der Waals surface area contributed by atoms with E-state index >= 15 is 0 Å². The number of benzene rings is 1. The van der Waals surface area contributed by atoms with Crippen molar-refractivity contribution in [3.63, 3.8) is 0 Å². The van der Waals surface area contributed by atoms with E-state index in [4.69, 9.17) is 10.5 Å². The van der Waals surface area contributed by atoms with Gasteiger partial charge < -0.3 is 15.2 Å². The average molecular weight is 290 g/mol. The Morgan fingerprint density at radius 2 is 2.00 bits per heavy atom. The topological polar surface area (TPSA) is 91.5 Å². The summed E-state index contributed by atoms with van der Waals surface area (Å²) in [6, 6.07) is 6.39. The monoisotopic (exact) mass is 290 g/mol. The van der Waals surface area contributed by atoms with Gasteiger partial charge >= 0.3 is 5.97 Å². The van der Waals surface area contributed by atoms with Gasteiger partial charge in [0, 0.05) is 18.3 Å². The molecule has 1 aromatic heterocycles. The van der Waals surface area contributed by atoms with Gasteiger partial charge in [-0.2, -0.15) is 0 Å². The number of carbonyl (C=O) groups excluding carboxylic acids is 2. The van der Waals surface area contributed by atoms with E-state index in [-0.39, 0.29) is 22.8 Å². The maximum absolute atomic E-state index is 13.6. The molecule has 21 heavy (non-hydrogen) atoms. The number of esters is 1. The molecule has 0 bridgehead atoms. The minimum absolute atomic E-state index is 0.0872. The van der Waals surface area contributed by atoms with Crippen molar-refractivity contribution in [2.24, 2.45) is 5.73 Å². The van der Waals surface area contributed by atoms with Gasteiger partial charge in [0.15, 0.2) is 0 Å². The largest absolute Gasteiger partial charge is 0.465 e. The second kappa shape index (κ2) is 6.00. The van der Waals surface area contributed by atoms with Crippen molar-refractivity contribution >= 4 is 11.9 Å². The van der Waals surface area contributed by atoms with Gasteiger partial charge in [0.1, 0.15) is 11.6 Å². The highest BCUT2D eigenvalue weighted by molar-refractivity contribution is 5.93. The van der Waals surface area contributed by atoms with Crippen LogP contribution in [0.5, 0.6) is 11.6 Å². The fourth-order valence-electron chi connectivity index (χ4n) is 1.59. The zero-order chi connectivity index (χ0) is 15.4. The van der Waals surface area contributed by atoms with Crippen LogP contribution < -0.4 is 10.5 Å². The number of amides is 1. The Balaban J connectivity index is 2.24. The summed E-state index contributed by atoms with van der Waals surface area (Å²) in [6.45, 7) is 0. The van der Waals surface area contributed by atoms with Gasteiger partial charge in [0.05, 0.1) is 18.2 Å². The second-order valence-electron chi connectivity index (χ2n) is 3.98. The number of aromatic nitrogens is 1. The van der Waals surface area contributed by atoms with E-state index < -0.39 is 17.7 Å². The number of methoxy groups -OCH3 is 1. The summed E-state index contributed by atoms with van der Waals surface area (Å²) in [5.74, 6) is -2.01. The molecule has 1 heterocycles. The van der Waals surface area contributed by atoms with Crippen LogP contribution in [0, 0.1) is 5.82 Å². The highest BCUT2D eigenvalue weighted by atomic mass is 19.1. The first-order chi connectivity index (χ1) is 10.0. The van der Waals surface area contributed by atoms with E-state index in [9.17, 15) is 14.0 Å². The van der Waals surface area contributed by atoms with Crippen molar-refractivity contribution in [1.29, 1.82) is 0 Å². The van der Waals surface area contributed by atoms with Crippen molar-refractivity contribution in [1.82, 2.24) is 4.98 Å². The number of nitrogens with two attached hydrogens (primary N) is 1. The van der Waals surface area contributed by atoms with Gasteiger partial charge in [-0.1, -0.05) is 0 Å². The first-order valence-corrected chi connectivity index (χ1v) is 5.83. The number of nitrogens with zero attached hydrogens (tertiary/aromatic N) is 1. The van der Waals surface area contributed by atoms with Crippen molar-refractivity contribution in [2.45, 2.75) is 0 Å². The molecule has 6 nitrogen and oxygen atoms in total. The third-order valence-corrected chi connectivity index (χ3v) is 2.58. The van der Waals surface area contributed by atoms with E-state index in [1.165, 1.54) is 37.6 Å². The molecule has 108 valence electrons. The molecule has 0 aliphatic carbocycles. The van der Waals surface area contributed by atoms with Crippen LogP contribution >= 0.6 is 0 Å². The Morgan fingerprint density at radius 1 is 1.24 bits per heavy atom. The van der Waals surface area contributed by atoms with Crippen LogP contribution in [0.2, 0.25) is 0 Å². The Bertz CT molecular complexity index is 703. The lowest BCUT2D eigenvalue weighted by atomic mass is 10.2. The number of pyridine rings is 1. The van der Waals surface area contributed by atoms with Gasteiger partial charge in [-0.25, -0.2) is 14.2 Å². The van der Waals surface area contributed by atoms with Crippen LogP contribution in [0.3, 0.4) is 0 Å². The zero-order valence-electron chi connectivity index (χ0n) is 11.0. The lowest BCUT2D eigenvalue weighted by Gasteiger charge is -2.07. The van der Waals surface area contributed by atoms with Gasteiger partial charge in [-0.3, -0.25) is 4.79 Å². The first kappa shape index (κ1) is 14.4. The zero-order valence-corrected chi connectivity index (χ0v) is 11.0. The molecular weight excluding hydrogens is 279 g/mol. The molecule has 0 fully saturated rings. The number of hydrogen-bond acceptors (Lipinski definition) is 5. The fraction of sp³-hybridized carbons (Fsp3) is 0.0714.